The van der Waals surface area contributed by atoms with Gasteiger partial charge in [-0.2, -0.15) is 0 Å². The third-order valence-corrected chi connectivity index (χ3v) is 4.98. The van der Waals surface area contributed by atoms with Gasteiger partial charge >= 0.3 is 0 Å². The molecule has 0 N–H and O–H groups in total. The van der Waals surface area contributed by atoms with Gasteiger partial charge in [0.05, 0.1) is 12.9 Å². The third kappa shape index (κ3) is 4.92. The van der Waals surface area contributed by atoms with Crippen LogP contribution in [-0.4, -0.2) is 50.0 Å². The summed E-state index contributed by atoms with van der Waals surface area (Å²) in [4.78, 5) is 15.7. The van der Waals surface area contributed by atoms with Crippen LogP contribution in [0.4, 0.5) is 0 Å². The molecule has 0 spiro atoms. The Morgan fingerprint density at radius 2 is 2.23 bits per heavy atom. The number of nitrogens with zero attached hydrogens (tertiary/aromatic N) is 1. The highest BCUT2D eigenvalue weighted by Crippen LogP contribution is 2.25. The Kier molecular flexibility index (Phi) is 7.06. The molecule has 0 unspecified atom stereocenters. The fourth-order valence-electron chi connectivity index (χ4n) is 2.80. The zero-order chi connectivity index (χ0) is 15.8. The summed E-state index contributed by atoms with van der Waals surface area (Å²) in [6.45, 7) is 1.60. The molecule has 122 valence electrons. The van der Waals surface area contributed by atoms with Crippen LogP contribution in [0.2, 0.25) is 0 Å². The first kappa shape index (κ1) is 17.2. The topological polar surface area (TPSA) is 38.8 Å². The first-order chi connectivity index (χ1) is 10.7. The van der Waals surface area contributed by atoms with E-state index in [-0.39, 0.29) is 5.91 Å². The van der Waals surface area contributed by atoms with Crippen molar-refractivity contribution in [2.24, 2.45) is 0 Å². The summed E-state index contributed by atoms with van der Waals surface area (Å²) < 4.78 is 10.4. The highest BCUT2D eigenvalue weighted by Gasteiger charge is 2.26. The molecule has 4 nitrogen and oxygen atoms in total. The SMILES string of the molecule is COCC[C@H]1CCCCN1C(=O)CSc1cccc(OC)c1. The van der Waals surface area contributed by atoms with Gasteiger partial charge in [0.25, 0.3) is 0 Å². The number of benzene rings is 1. The van der Waals surface area contributed by atoms with Crippen molar-refractivity contribution < 1.29 is 14.3 Å². The van der Waals surface area contributed by atoms with E-state index in [2.05, 4.69) is 4.90 Å². The van der Waals surface area contributed by atoms with Crippen LogP contribution in [0.5, 0.6) is 5.75 Å². The van der Waals surface area contributed by atoms with Crippen LogP contribution >= 0.6 is 11.8 Å². The molecule has 1 aliphatic heterocycles. The van der Waals surface area contributed by atoms with Crippen LogP contribution in [0.15, 0.2) is 29.2 Å². The standard InChI is InChI=1S/C17H25NO3S/c1-20-11-9-14-6-3-4-10-18(14)17(19)13-22-16-8-5-7-15(12-16)21-2/h5,7-8,12,14H,3-4,6,9-11,13H2,1-2H3/t14-/m1/s1. The summed E-state index contributed by atoms with van der Waals surface area (Å²) >= 11 is 1.58. The Morgan fingerprint density at radius 3 is 3.00 bits per heavy atom. The van der Waals surface area contributed by atoms with Gasteiger partial charge in [0.2, 0.25) is 5.91 Å². The van der Waals surface area contributed by atoms with Crippen LogP contribution in [0, 0.1) is 0 Å². The summed E-state index contributed by atoms with van der Waals surface area (Å²) in [5, 5.41) is 0. The summed E-state index contributed by atoms with van der Waals surface area (Å²) in [6, 6.07) is 8.19. The number of hydrogen-bond acceptors (Lipinski definition) is 4. The monoisotopic (exact) mass is 323 g/mol. The Balaban J connectivity index is 1.89. The minimum absolute atomic E-state index is 0.230. The molecule has 0 aliphatic carbocycles. The minimum atomic E-state index is 0.230. The molecule has 1 atom stereocenters. The van der Waals surface area contributed by atoms with Crippen molar-refractivity contribution >= 4 is 17.7 Å². The van der Waals surface area contributed by atoms with Gasteiger partial charge in [-0.3, -0.25) is 4.79 Å². The van der Waals surface area contributed by atoms with Gasteiger partial charge in [-0.1, -0.05) is 6.07 Å². The van der Waals surface area contributed by atoms with E-state index >= 15 is 0 Å². The molecule has 1 fully saturated rings. The lowest BCUT2D eigenvalue weighted by Crippen LogP contribution is -2.45. The lowest BCUT2D eigenvalue weighted by molar-refractivity contribution is -0.132. The van der Waals surface area contributed by atoms with E-state index in [0.29, 0.717) is 11.8 Å². The molecule has 2 rings (SSSR count). The number of ether oxygens (including phenoxy) is 2. The van der Waals surface area contributed by atoms with Crippen molar-refractivity contribution in [2.45, 2.75) is 36.6 Å². The maximum Gasteiger partial charge on any atom is 0.233 e. The van der Waals surface area contributed by atoms with Gasteiger partial charge in [-0.15, -0.1) is 11.8 Å². The lowest BCUT2D eigenvalue weighted by atomic mass is 10.00. The van der Waals surface area contributed by atoms with Crippen molar-refractivity contribution in [1.82, 2.24) is 4.90 Å². The molecule has 0 saturated carbocycles. The van der Waals surface area contributed by atoms with Gasteiger partial charge in [0.1, 0.15) is 5.75 Å². The number of rotatable bonds is 7. The molecule has 1 aromatic rings. The second-order valence-electron chi connectivity index (χ2n) is 5.49. The van der Waals surface area contributed by atoms with E-state index in [1.165, 1.54) is 6.42 Å². The Bertz CT molecular complexity index is 481. The maximum absolute atomic E-state index is 12.5. The van der Waals surface area contributed by atoms with Crippen molar-refractivity contribution in [3.8, 4) is 5.75 Å². The normalized spacial score (nSPS) is 18.3. The third-order valence-electron chi connectivity index (χ3n) is 4.01. The van der Waals surface area contributed by atoms with Crippen molar-refractivity contribution in [3.63, 3.8) is 0 Å². The van der Waals surface area contributed by atoms with Gasteiger partial charge in [-0.05, 0) is 43.9 Å². The predicted molar refractivity (Wildman–Crippen MR) is 89.6 cm³/mol. The molecule has 22 heavy (non-hydrogen) atoms. The molecule has 0 bridgehead atoms. The highest BCUT2D eigenvalue weighted by atomic mass is 32.2. The molecule has 1 saturated heterocycles. The van der Waals surface area contributed by atoms with E-state index in [0.717, 1.165) is 43.1 Å². The minimum Gasteiger partial charge on any atom is -0.497 e. The number of piperidine rings is 1. The molecular formula is C17H25NO3S. The van der Waals surface area contributed by atoms with E-state index in [9.17, 15) is 4.79 Å². The number of hydrogen-bond donors (Lipinski definition) is 0. The summed E-state index contributed by atoms with van der Waals surface area (Å²) in [5.74, 6) is 1.54. The zero-order valence-electron chi connectivity index (χ0n) is 13.4. The van der Waals surface area contributed by atoms with Crippen molar-refractivity contribution in [3.05, 3.63) is 24.3 Å². The second kappa shape index (κ2) is 9.06. The fourth-order valence-corrected chi connectivity index (χ4v) is 3.63. The van der Waals surface area contributed by atoms with E-state index in [4.69, 9.17) is 9.47 Å². The first-order valence-corrected chi connectivity index (χ1v) is 8.78. The quantitative estimate of drug-likeness (QED) is 0.722. The number of carbonyl (C=O) groups excluding carboxylic acids is 1. The average Bonchev–Trinajstić information content (AvgIpc) is 2.58. The number of carbonyl (C=O) groups is 1. The van der Waals surface area contributed by atoms with Crippen LogP contribution in [-0.2, 0) is 9.53 Å². The number of likely N-dealkylation sites (tertiary alicyclic amines) is 1. The van der Waals surface area contributed by atoms with Crippen molar-refractivity contribution in [1.29, 1.82) is 0 Å². The van der Waals surface area contributed by atoms with Gasteiger partial charge < -0.3 is 14.4 Å². The molecule has 1 aromatic carbocycles. The predicted octanol–water partition coefficient (Wildman–Crippen LogP) is 3.20. The van der Waals surface area contributed by atoms with Crippen LogP contribution in [0.3, 0.4) is 0 Å². The second-order valence-corrected chi connectivity index (χ2v) is 6.53. The van der Waals surface area contributed by atoms with Crippen LogP contribution < -0.4 is 4.74 Å². The Labute approximate surface area is 137 Å². The van der Waals surface area contributed by atoms with Gasteiger partial charge in [0, 0.05) is 31.2 Å². The zero-order valence-corrected chi connectivity index (χ0v) is 14.2. The Morgan fingerprint density at radius 1 is 1.36 bits per heavy atom. The largest absolute Gasteiger partial charge is 0.497 e. The van der Waals surface area contributed by atoms with E-state index in [1.807, 2.05) is 24.3 Å². The van der Waals surface area contributed by atoms with Gasteiger partial charge in [-0.25, -0.2) is 0 Å². The lowest BCUT2D eigenvalue weighted by Gasteiger charge is -2.35. The first-order valence-electron chi connectivity index (χ1n) is 7.80. The summed E-state index contributed by atoms with van der Waals surface area (Å²) in [7, 11) is 3.37. The molecule has 0 radical (unpaired) electrons. The maximum atomic E-state index is 12.5. The highest BCUT2D eigenvalue weighted by molar-refractivity contribution is 8.00. The smallest absolute Gasteiger partial charge is 0.233 e. The van der Waals surface area contributed by atoms with Crippen LogP contribution in [0.1, 0.15) is 25.7 Å². The Hall–Kier alpha value is -1.20. The number of thioether (sulfide) groups is 1. The molecule has 1 aliphatic rings. The molecular weight excluding hydrogens is 298 g/mol. The number of methoxy groups -OCH3 is 2. The average molecular weight is 323 g/mol. The molecule has 1 amide bonds. The summed E-state index contributed by atoms with van der Waals surface area (Å²) in [6.07, 6.45) is 4.35. The molecule has 1 heterocycles. The number of amides is 1. The van der Waals surface area contributed by atoms with E-state index < -0.39 is 0 Å². The van der Waals surface area contributed by atoms with Crippen molar-refractivity contribution in [2.75, 3.05) is 33.1 Å². The molecule has 5 heteroatoms. The summed E-state index contributed by atoms with van der Waals surface area (Å²) in [5.41, 5.74) is 0. The van der Waals surface area contributed by atoms with E-state index in [1.54, 1.807) is 26.0 Å². The fraction of sp³-hybridized carbons (Fsp3) is 0.588. The van der Waals surface area contributed by atoms with Crippen LogP contribution in [0.25, 0.3) is 0 Å². The van der Waals surface area contributed by atoms with Gasteiger partial charge in [0.15, 0.2) is 0 Å². The molecule has 0 aromatic heterocycles.